The van der Waals surface area contributed by atoms with Crippen molar-refractivity contribution in [2.24, 2.45) is 0 Å². The molecule has 1 N–H and O–H groups in total. The van der Waals surface area contributed by atoms with Gasteiger partial charge in [0.2, 0.25) is 5.91 Å². The number of ether oxygens (including phenoxy) is 1. The maximum absolute atomic E-state index is 13.2. The molecule has 0 aliphatic heterocycles. The molecule has 0 aromatic heterocycles. The third kappa shape index (κ3) is 7.44. The molecule has 1 unspecified atom stereocenters. The van der Waals surface area contributed by atoms with Gasteiger partial charge in [-0.3, -0.25) is 9.59 Å². The largest absolute Gasteiger partial charge is 0.484 e. The Morgan fingerprint density at radius 1 is 1.03 bits per heavy atom. The van der Waals surface area contributed by atoms with Crippen LogP contribution in [0.15, 0.2) is 36.4 Å². The Kier molecular flexibility index (Phi) is 9.20. The lowest BCUT2D eigenvalue weighted by Gasteiger charge is -2.31. The van der Waals surface area contributed by atoms with Crippen LogP contribution in [0.2, 0.25) is 10.0 Å². The maximum atomic E-state index is 13.2. The number of rotatable bonds is 9. The van der Waals surface area contributed by atoms with E-state index in [0.717, 1.165) is 16.7 Å². The predicted octanol–water partition coefficient (Wildman–Crippen LogP) is 5.32. The molecule has 5 nitrogen and oxygen atoms in total. The molecule has 2 rings (SSSR count). The van der Waals surface area contributed by atoms with Crippen molar-refractivity contribution >= 4 is 35.0 Å². The summed E-state index contributed by atoms with van der Waals surface area (Å²) < 4.78 is 5.78. The Balaban J connectivity index is 2.26. The van der Waals surface area contributed by atoms with Crippen molar-refractivity contribution in [3.8, 4) is 5.75 Å². The molecule has 0 fully saturated rings. The summed E-state index contributed by atoms with van der Waals surface area (Å²) >= 11 is 12.2. The molecule has 168 valence electrons. The van der Waals surface area contributed by atoms with E-state index in [-0.39, 0.29) is 31.0 Å². The van der Waals surface area contributed by atoms with Crippen LogP contribution in [-0.4, -0.2) is 35.4 Å². The minimum absolute atomic E-state index is 0.0324. The van der Waals surface area contributed by atoms with Crippen molar-refractivity contribution in [3.05, 3.63) is 63.1 Å². The van der Waals surface area contributed by atoms with Crippen LogP contribution < -0.4 is 10.1 Å². The maximum Gasteiger partial charge on any atom is 0.261 e. The van der Waals surface area contributed by atoms with Gasteiger partial charge in [-0.15, -0.1) is 0 Å². The summed E-state index contributed by atoms with van der Waals surface area (Å²) in [5, 5.41) is 3.74. The molecule has 1 atom stereocenters. The standard InChI is InChI=1S/C24H30Cl2N2O3/c1-6-22(24(30)27-15(2)3)28(13-18-7-8-20(25)21(26)12-18)23(29)14-31-19-10-16(4)9-17(5)11-19/h7-12,15,22H,6,13-14H2,1-5H3,(H,27,30). The number of hydrogen-bond acceptors (Lipinski definition) is 3. The van der Waals surface area contributed by atoms with Crippen molar-refractivity contribution in [2.45, 2.75) is 59.7 Å². The van der Waals surface area contributed by atoms with Crippen LogP contribution in [0.4, 0.5) is 0 Å². The van der Waals surface area contributed by atoms with E-state index in [1.165, 1.54) is 0 Å². The van der Waals surface area contributed by atoms with Gasteiger partial charge in [-0.2, -0.15) is 0 Å². The summed E-state index contributed by atoms with van der Waals surface area (Å²) in [5.74, 6) is 0.147. The molecule has 0 saturated carbocycles. The van der Waals surface area contributed by atoms with Crippen LogP contribution in [-0.2, 0) is 16.1 Å². The lowest BCUT2D eigenvalue weighted by molar-refractivity contribution is -0.143. The number of carbonyl (C=O) groups is 2. The SMILES string of the molecule is CCC(C(=O)NC(C)C)N(Cc1ccc(Cl)c(Cl)c1)C(=O)COc1cc(C)cc(C)c1. The smallest absolute Gasteiger partial charge is 0.261 e. The predicted molar refractivity (Wildman–Crippen MR) is 126 cm³/mol. The lowest BCUT2D eigenvalue weighted by atomic mass is 10.1. The molecular formula is C24H30Cl2N2O3. The number of carbonyl (C=O) groups excluding carboxylic acids is 2. The van der Waals surface area contributed by atoms with Crippen molar-refractivity contribution in [1.82, 2.24) is 10.2 Å². The second-order valence-electron chi connectivity index (χ2n) is 7.97. The molecule has 0 bridgehead atoms. The number of halogens is 2. The van der Waals surface area contributed by atoms with Gasteiger partial charge in [-0.1, -0.05) is 42.3 Å². The molecule has 0 heterocycles. The first-order chi connectivity index (χ1) is 14.6. The second kappa shape index (κ2) is 11.4. The van der Waals surface area contributed by atoms with Crippen LogP contribution in [0.25, 0.3) is 0 Å². The minimum atomic E-state index is -0.632. The van der Waals surface area contributed by atoms with E-state index in [9.17, 15) is 9.59 Å². The van der Waals surface area contributed by atoms with E-state index in [1.807, 2.05) is 52.8 Å². The minimum Gasteiger partial charge on any atom is -0.484 e. The number of amides is 2. The molecule has 0 aliphatic carbocycles. The zero-order chi connectivity index (χ0) is 23.1. The lowest BCUT2D eigenvalue weighted by Crippen LogP contribution is -2.51. The molecular weight excluding hydrogens is 435 g/mol. The number of benzene rings is 2. The molecule has 7 heteroatoms. The molecule has 2 aromatic carbocycles. The van der Waals surface area contributed by atoms with E-state index in [1.54, 1.807) is 23.1 Å². The highest BCUT2D eigenvalue weighted by Crippen LogP contribution is 2.24. The number of nitrogens with zero attached hydrogens (tertiary/aromatic N) is 1. The van der Waals surface area contributed by atoms with Crippen molar-refractivity contribution in [2.75, 3.05) is 6.61 Å². The van der Waals surface area contributed by atoms with E-state index in [0.29, 0.717) is 22.2 Å². The zero-order valence-electron chi connectivity index (χ0n) is 18.7. The Morgan fingerprint density at radius 3 is 2.23 bits per heavy atom. The highest BCUT2D eigenvalue weighted by Gasteiger charge is 2.29. The van der Waals surface area contributed by atoms with Gasteiger partial charge in [0.1, 0.15) is 11.8 Å². The molecule has 0 saturated heterocycles. The summed E-state index contributed by atoms with van der Waals surface area (Å²) in [5.41, 5.74) is 2.89. The van der Waals surface area contributed by atoms with Gasteiger partial charge < -0.3 is 15.0 Å². The Bertz CT molecular complexity index is 911. The number of hydrogen-bond donors (Lipinski definition) is 1. The first-order valence-electron chi connectivity index (χ1n) is 10.4. The summed E-state index contributed by atoms with van der Waals surface area (Å²) in [6.45, 7) is 9.65. The summed E-state index contributed by atoms with van der Waals surface area (Å²) in [7, 11) is 0. The van der Waals surface area contributed by atoms with Gasteiger partial charge in [0, 0.05) is 12.6 Å². The van der Waals surface area contributed by atoms with Crippen LogP contribution >= 0.6 is 23.2 Å². The average molecular weight is 465 g/mol. The second-order valence-corrected chi connectivity index (χ2v) is 8.78. The first kappa shape index (κ1) is 25.0. The fourth-order valence-electron chi connectivity index (χ4n) is 3.38. The third-order valence-corrected chi connectivity index (χ3v) is 5.45. The topological polar surface area (TPSA) is 58.6 Å². The van der Waals surface area contributed by atoms with Gasteiger partial charge in [-0.05, 0) is 75.1 Å². The van der Waals surface area contributed by atoms with Gasteiger partial charge in [0.05, 0.1) is 10.0 Å². The van der Waals surface area contributed by atoms with Gasteiger partial charge in [-0.25, -0.2) is 0 Å². The van der Waals surface area contributed by atoms with E-state index >= 15 is 0 Å². The highest BCUT2D eigenvalue weighted by molar-refractivity contribution is 6.42. The molecule has 0 radical (unpaired) electrons. The molecule has 0 aliphatic rings. The zero-order valence-corrected chi connectivity index (χ0v) is 20.2. The van der Waals surface area contributed by atoms with Crippen LogP contribution in [0.3, 0.4) is 0 Å². The van der Waals surface area contributed by atoms with E-state index in [2.05, 4.69) is 5.32 Å². The summed E-state index contributed by atoms with van der Waals surface area (Å²) in [4.78, 5) is 27.5. The van der Waals surface area contributed by atoms with Crippen LogP contribution in [0.1, 0.15) is 43.9 Å². The molecule has 0 spiro atoms. The number of nitrogens with one attached hydrogen (secondary N) is 1. The van der Waals surface area contributed by atoms with E-state index < -0.39 is 6.04 Å². The summed E-state index contributed by atoms with van der Waals surface area (Å²) in [6, 6.07) is 10.3. The number of aryl methyl sites for hydroxylation is 2. The van der Waals surface area contributed by atoms with Crippen LogP contribution in [0, 0.1) is 13.8 Å². The van der Waals surface area contributed by atoms with Gasteiger partial charge in [0.25, 0.3) is 5.91 Å². The van der Waals surface area contributed by atoms with Crippen molar-refractivity contribution in [1.29, 1.82) is 0 Å². The molecule has 31 heavy (non-hydrogen) atoms. The summed E-state index contributed by atoms with van der Waals surface area (Å²) in [6.07, 6.45) is 0.467. The van der Waals surface area contributed by atoms with Gasteiger partial charge >= 0.3 is 0 Å². The fraction of sp³-hybridized carbons (Fsp3) is 0.417. The van der Waals surface area contributed by atoms with Gasteiger partial charge in [0.15, 0.2) is 6.61 Å². The quantitative estimate of drug-likeness (QED) is 0.545. The Morgan fingerprint density at radius 2 is 1.68 bits per heavy atom. The van der Waals surface area contributed by atoms with E-state index in [4.69, 9.17) is 27.9 Å². The molecule has 2 amide bonds. The fourth-order valence-corrected chi connectivity index (χ4v) is 3.70. The Hall–Kier alpha value is -2.24. The average Bonchev–Trinajstić information content (AvgIpc) is 2.67. The normalized spacial score (nSPS) is 11.9. The van der Waals surface area contributed by atoms with Crippen molar-refractivity contribution < 1.29 is 14.3 Å². The van der Waals surface area contributed by atoms with Crippen molar-refractivity contribution in [3.63, 3.8) is 0 Å². The first-order valence-corrected chi connectivity index (χ1v) is 11.1. The Labute approximate surface area is 194 Å². The van der Waals surface area contributed by atoms with Crippen LogP contribution in [0.5, 0.6) is 5.75 Å². The third-order valence-electron chi connectivity index (χ3n) is 4.71. The highest BCUT2D eigenvalue weighted by atomic mass is 35.5. The monoisotopic (exact) mass is 464 g/mol. The molecule has 2 aromatic rings.